The van der Waals surface area contributed by atoms with Crippen LogP contribution in [-0.4, -0.2) is 36.4 Å². The molecule has 1 aliphatic rings. The third-order valence-electron chi connectivity index (χ3n) is 5.87. The standard InChI is InChI=1S/C26H27ClN4O2/c27-21-10-11-24(29-18-21)31-16-13-20(14-17-31)25(32)30-23-9-5-4-8-22(23)26(33)28-15-12-19-6-2-1-3-7-19/h1-11,18,20H,12-17H2,(H,28,33)(H,30,32). The van der Waals surface area contributed by atoms with Crippen molar-refractivity contribution in [2.24, 2.45) is 5.92 Å². The fraction of sp³-hybridized carbons (Fsp3) is 0.269. The molecule has 3 aromatic rings. The molecule has 0 saturated carbocycles. The minimum absolute atomic E-state index is 0.0525. The number of carbonyl (C=O) groups is 2. The summed E-state index contributed by atoms with van der Waals surface area (Å²) >= 11 is 5.92. The molecule has 1 aliphatic heterocycles. The minimum Gasteiger partial charge on any atom is -0.357 e. The lowest BCUT2D eigenvalue weighted by Gasteiger charge is -2.32. The summed E-state index contributed by atoms with van der Waals surface area (Å²) in [4.78, 5) is 32.2. The first kappa shape index (κ1) is 22.8. The zero-order valence-corrected chi connectivity index (χ0v) is 19.1. The zero-order valence-electron chi connectivity index (χ0n) is 18.3. The summed E-state index contributed by atoms with van der Waals surface area (Å²) in [7, 11) is 0. The third-order valence-corrected chi connectivity index (χ3v) is 6.10. The molecule has 2 N–H and O–H groups in total. The number of aromatic nitrogens is 1. The van der Waals surface area contributed by atoms with Crippen molar-refractivity contribution in [2.45, 2.75) is 19.3 Å². The number of halogens is 1. The normalized spacial score (nSPS) is 14.0. The second-order valence-corrected chi connectivity index (χ2v) is 8.56. The van der Waals surface area contributed by atoms with Crippen LogP contribution in [0.25, 0.3) is 0 Å². The van der Waals surface area contributed by atoms with E-state index in [1.54, 1.807) is 24.4 Å². The molecule has 2 amide bonds. The van der Waals surface area contributed by atoms with Crippen molar-refractivity contribution in [3.05, 3.63) is 89.1 Å². The van der Waals surface area contributed by atoms with Crippen LogP contribution in [0.1, 0.15) is 28.8 Å². The van der Waals surface area contributed by atoms with Crippen LogP contribution in [-0.2, 0) is 11.2 Å². The maximum absolute atomic E-state index is 12.9. The largest absolute Gasteiger partial charge is 0.357 e. The molecule has 0 spiro atoms. The molecule has 4 rings (SSSR count). The molecule has 2 aromatic carbocycles. The number of rotatable bonds is 7. The van der Waals surface area contributed by atoms with E-state index in [0.717, 1.165) is 38.2 Å². The van der Waals surface area contributed by atoms with Gasteiger partial charge in [-0.15, -0.1) is 0 Å². The Kier molecular flexibility index (Phi) is 7.58. The summed E-state index contributed by atoms with van der Waals surface area (Å²) in [6, 6.07) is 20.9. The Morgan fingerprint density at radius 3 is 2.42 bits per heavy atom. The molecule has 2 heterocycles. The lowest BCUT2D eigenvalue weighted by molar-refractivity contribution is -0.120. The van der Waals surface area contributed by atoms with Crippen molar-refractivity contribution in [3.8, 4) is 0 Å². The van der Waals surface area contributed by atoms with E-state index >= 15 is 0 Å². The van der Waals surface area contributed by atoms with Crippen LogP contribution in [0.5, 0.6) is 0 Å². The molecular weight excluding hydrogens is 436 g/mol. The lowest BCUT2D eigenvalue weighted by atomic mass is 9.95. The van der Waals surface area contributed by atoms with E-state index in [1.807, 2.05) is 48.5 Å². The maximum atomic E-state index is 12.9. The Hall–Kier alpha value is -3.38. The van der Waals surface area contributed by atoms with Crippen LogP contribution in [0.2, 0.25) is 5.02 Å². The summed E-state index contributed by atoms with van der Waals surface area (Å²) in [5, 5.41) is 6.54. The molecule has 0 radical (unpaired) electrons. The minimum atomic E-state index is -0.189. The molecule has 1 saturated heterocycles. The first-order chi connectivity index (χ1) is 16.1. The van der Waals surface area contributed by atoms with Crippen molar-refractivity contribution in [1.82, 2.24) is 10.3 Å². The van der Waals surface area contributed by atoms with Gasteiger partial charge in [0.05, 0.1) is 16.3 Å². The number of benzene rings is 2. The molecule has 0 atom stereocenters. The number of pyridine rings is 1. The van der Waals surface area contributed by atoms with E-state index < -0.39 is 0 Å². The number of para-hydroxylation sites is 1. The second-order valence-electron chi connectivity index (χ2n) is 8.12. The van der Waals surface area contributed by atoms with Gasteiger partial charge in [-0.1, -0.05) is 54.1 Å². The summed E-state index contributed by atoms with van der Waals surface area (Å²) in [6.45, 7) is 2.02. The predicted molar refractivity (Wildman–Crippen MR) is 132 cm³/mol. The molecule has 0 unspecified atom stereocenters. The molecular formula is C26H27ClN4O2. The summed E-state index contributed by atoms with van der Waals surface area (Å²) < 4.78 is 0. The highest BCUT2D eigenvalue weighted by Crippen LogP contribution is 2.24. The van der Waals surface area contributed by atoms with Crippen molar-refractivity contribution in [3.63, 3.8) is 0 Å². The Labute approximate surface area is 199 Å². The van der Waals surface area contributed by atoms with Gasteiger partial charge >= 0.3 is 0 Å². The van der Waals surface area contributed by atoms with Crippen LogP contribution >= 0.6 is 11.6 Å². The highest BCUT2D eigenvalue weighted by Gasteiger charge is 2.26. The highest BCUT2D eigenvalue weighted by atomic mass is 35.5. The first-order valence-electron chi connectivity index (χ1n) is 11.2. The number of piperidine rings is 1. The molecule has 170 valence electrons. The molecule has 33 heavy (non-hydrogen) atoms. The van der Waals surface area contributed by atoms with Crippen molar-refractivity contribution < 1.29 is 9.59 Å². The fourth-order valence-corrected chi connectivity index (χ4v) is 4.12. The first-order valence-corrected chi connectivity index (χ1v) is 11.6. The van der Waals surface area contributed by atoms with Crippen LogP contribution in [0, 0.1) is 5.92 Å². The Morgan fingerprint density at radius 2 is 1.70 bits per heavy atom. The van der Waals surface area contributed by atoms with Gasteiger partial charge in [-0.3, -0.25) is 9.59 Å². The molecule has 0 aliphatic carbocycles. The lowest BCUT2D eigenvalue weighted by Crippen LogP contribution is -2.38. The van der Waals surface area contributed by atoms with Crippen LogP contribution < -0.4 is 15.5 Å². The summed E-state index contributed by atoms with van der Waals surface area (Å²) in [5.41, 5.74) is 2.18. The summed E-state index contributed by atoms with van der Waals surface area (Å²) in [5.74, 6) is 0.521. The van der Waals surface area contributed by atoms with Gasteiger partial charge in [-0.2, -0.15) is 0 Å². The average molecular weight is 463 g/mol. The van der Waals surface area contributed by atoms with Crippen LogP contribution in [0.4, 0.5) is 11.5 Å². The van der Waals surface area contributed by atoms with Crippen molar-refractivity contribution in [1.29, 1.82) is 0 Å². The van der Waals surface area contributed by atoms with Crippen molar-refractivity contribution in [2.75, 3.05) is 29.9 Å². The predicted octanol–water partition coefficient (Wildman–Crippen LogP) is 4.56. The van der Waals surface area contributed by atoms with Gasteiger partial charge in [-0.25, -0.2) is 4.98 Å². The Bertz CT molecular complexity index is 1080. The highest BCUT2D eigenvalue weighted by molar-refractivity contribution is 6.30. The maximum Gasteiger partial charge on any atom is 0.253 e. The number of amides is 2. The van der Waals surface area contributed by atoms with Gasteiger partial charge in [0.2, 0.25) is 5.91 Å². The molecule has 7 heteroatoms. The number of nitrogens with zero attached hydrogens (tertiary/aromatic N) is 2. The number of nitrogens with one attached hydrogen (secondary N) is 2. The van der Waals surface area contributed by atoms with Crippen LogP contribution in [0.15, 0.2) is 72.9 Å². The third kappa shape index (κ3) is 6.11. The smallest absolute Gasteiger partial charge is 0.253 e. The number of hydrogen-bond acceptors (Lipinski definition) is 4. The number of hydrogen-bond donors (Lipinski definition) is 2. The fourth-order valence-electron chi connectivity index (χ4n) is 4.01. The van der Waals surface area contributed by atoms with Gasteiger partial charge in [0, 0.05) is 31.7 Å². The van der Waals surface area contributed by atoms with Gasteiger partial charge in [0.25, 0.3) is 5.91 Å². The molecule has 6 nitrogen and oxygen atoms in total. The van der Waals surface area contributed by atoms with E-state index in [-0.39, 0.29) is 17.7 Å². The summed E-state index contributed by atoms with van der Waals surface area (Å²) in [6.07, 6.45) is 3.84. The average Bonchev–Trinajstić information content (AvgIpc) is 2.85. The molecule has 1 fully saturated rings. The topological polar surface area (TPSA) is 74.3 Å². The zero-order chi connectivity index (χ0) is 23.0. The van der Waals surface area contributed by atoms with E-state index in [2.05, 4.69) is 20.5 Å². The van der Waals surface area contributed by atoms with E-state index in [9.17, 15) is 9.59 Å². The Morgan fingerprint density at radius 1 is 0.970 bits per heavy atom. The van der Waals surface area contributed by atoms with E-state index in [0.29, 0.717) is 22.8 Å². The van der Waals surface area contributed by atoms with Crippen LogP contribution in [0.3, 0.4) is 0 Å². The molecule has 1 aromatic heterocycles. The van der Waals surface area contributed by atoms with E-state index in [4.69, 9.17) is 11.6 Å². The van der Waals surface area contributed by atoms with Crippen molar-refractivity contribution >= 4 is 34.9 Å². The monoisotopic (exact) mass is 462 g/mol. The van der Waals surface area contributed by atoms with Gasteiger partial charge in [0.1, 0.15) is 5.82 Å². The van der Waals surface area contributed by atoms with Gasteiger partial charge < -0.3 is 15.5 Å². The Balaban J connectivity index is 1.31. The SMILES string of the molecule is O=C(NCCc1ccccc1)c1ccccc1NC(=O)C1CCN(c2ccc(Cl)cn2)CC1. The number of anilines is 2. The van der Waals surface area contributed by atoms with E-state index in [1.165, 1.54) is 5.56 Å². The van der Waals surface area contributed by atoms with Gasteiger partial charge in [0.15, 0.2) is 0 Å². The quantitative estimate of drug-likeness (QED) is 0.539. The number of carbonyl (C=O) groups excluding carboxylic acids is 2. The molecule has 0 bridgehead atoms. The van der Waals surface area contributed by atoms with Gasteiger partial charge in [-0.05, 0) is 49.1 Å². The second kappa shape index (κ2) is 11.0.